The fraction of sp³-hybridized carbons (Fsp3) is 0.923. The van der Waals surface area contributed by atoms with Gasteiger partial charge in [0.1, 0.15) is 0 Å². The molecule has 92 valence electrons. The van der Waals surface area contributed by atoms with Gasteiger partial charge in [-0.25, -0.2) is 0 Å². The maximum absolute atomic E-state index is 10.3. The number of nitrogens with zero attached hydrogens (tertiary/aromatic N) is 1. The highest BCUT2D eigenvalue weighted by atomic mass is 16.3. The van der Waals surface area contributed by atoms with E-state index in [4.69, 9.17) is 5.26 Å². The predicted molar refractivity (Wildman–Crippen MR) is 64.8 cm³/mol. The number of rotatable bonds is 4. The van der Waals surface area contributed by atoms with E-state index in [0.29, 0.717) is 18.5 Å². The zero-order valence-corrected chi connectivity index (χ0v) is 10.7. The Bertz CT molecular complexity index is 258. The third-order valence-corrected chi connectivity index (χ3v) is 3.66. The van der Waals surface area contributed by atoms with E-state index in [1.165, 1.54) is 0 Å². The third-order valence-electron chi connectivity index (χ3n) is 3.66. The minimum atomic E-state index is -0.551. The van der Waals surface area contributed by atoms with E-state index < -0.39 is 5.60 Å². The summed E-state index contributed by atoms with van der Waals surface area (Å²) in [6.07, 6.45) is 3.90. The standard InChI is InChI=1S/C13H24N2O/c1-11(8-14)9-15-10-13(16)6-4-12(2,3)5-7-13/h11,15-16H,4-7,9-10H2,1-3H3. The van der Waals surface area contributed by atoms with Crippen LogP contribution in [0.1, 0.15) is 46.5 Å². The summed E-state index contributed by atoms with van der Waals surface area (Å²) in [6, 6.07) is 2.18. The number of aliphatic hydroxyl groups is 1. The molecule has 0 bridgehead atoms. The molecule has 1 aliphatic carbocycles. The molecule has 0 aliphatic heterocycles. The van der Waals surface area contributed by atoms with Crippen LogP contribution in [-0.4, -0.2) is 23.8 Å². The summed E-state index contributed by atoms with van der Waals surface area (Å²) in [5.74, 6) is 0.0173. The molecule has 0 saturated heterocycles. The molecule has 1 saturated carbocycles. The van der Waals surface area contributed by atoms with Crippen molar-refractivity contribution in [1.82, 2.24) is 5.32 Å². The number of hydrogen-bond donors (Lipinski definition) is 2. The van der Waals surface area contributed by atoms with Crippen molar-refractivity contribution in [2.45, 2.75) is 52.1 Å². The van der Waals surface area contributed by atoms with Gasteiger partial charge in [-0.15, -0.1) is 0 Å². The van der Waals surface area contributed by atoms with Crippen molar-refractivity contribution in [2.75, 3.05) is 13.1 Å². The summed E-state index contributed by atoms with van der Waals surface area (Å²) < 4.78 is 0. The lowest BCUT2D eigenvalue weighted by Gasteiger charge is -2.40. The zero-order chi connectivity index (χ0) is 12.2. The van der Waals surface area contributed by atoms with E-state index in [9.17, 15) is 5.11 Å². The Hall–Kier alpha value is -0.590. The molecule has 0 aromatic rings. The van der Waals surface area contributed by atoms with Crippen LogP contribution in [0.5, 0.6) is 0 Å². The van der Waals surface area contributed by atoms with E-state index >= 15 is 0 Å². The van der Waals surface area contributed by atoms with Gasteiger partial charge in [-0.1, -0.05) is 13.8 Å². The van der Waals surface area contributed by atoms with E-state index in [1.807, 2.05) is 6.92 Å². The van der Waals surface area contributed by atoms with Crippen LogP contribution in [0.2, 0.25) is 0 Å². The zero-order valence-electron chi connectivity index (χ0n) is 10.7. The number of nitriles is 1. The highest BCUT2D eigenvalue weighted by molar-refractivity contribution is 4.91. The largest absolute Gasteiger partial charge is 0.389 e. The predicted octanol–water partition coefficient (Wildman–Crippen LogP) is 2.07. The molecule has 2 N–H and O–H groups in total. The molecule has 0 radical (unpaired) electrons. The smallest absolute Gasteiger partial charge is 0.0772 e. The average molecular weight is 224 g/mol. The molecule has 0 aromatic heterocycles. The Kier molecular flexibility index (Phi) is 4.35. The first-order valence-corrected chi connectivity index (χ1v) is 6.20. The molecule has 3 nitrogen and oxygen atoms in total. The summed E-state index contributed by atoms with van der Waals surface area (Å²) >= 11 is 0. The molecule has 0 heterocycles. The Morgan fingerprint density at radius 1 is 1.31 bits per heavy atom. The quantitative estimate of drug-likeness (QED) is 0.768. The molecule has 0 spiro atoms. The van der Waals surface area contributed by atoms with Gasteiger partial charge in [-0.05, 0) is 38.0 Å². The van der Waals surface area contributed by atoms with Crippen molar-refractivity contribution in [1.29, 1.82) is 5.26 Å². The van der Waals surface area contributed by atoms with Gasteiger partial charge in [0, 0.05) is 13.1 Å². The lowest BCUT2D eigenvalue weighted by atomic mass is 9.71. The molecule has 3 heteroatoms. The summed E-state index contributed by atoms with van der Waals surface area (Å²) in [5, 5.41) is 22.2. The van der Waals surface area contributed by atoms with Gasteiger partial charge < -0.3 is 10.4 Å². The van der Waals surface area contributed by atoms with Crippen LogP contribution < -0.4 is 5.32 Å². The summed E-state index contributed by atoms with van der Waals surface area (Å²) in [5.41, 5.74) is -0.170. The third kappa shape index (κ3) is 4.11. The molecular weight excluding hydrogens is 200 g/mol. The summed E-state index contributed by atoms with van der Waals surface area (Å²) in [7, 11) is 0. The Morgan fingerprint density at radius 2 is 1.88 bits per heavy atom. The van der Waals surface area contributed by atoms with Gasteiger partial charge >= 0.3 is 0 Å². The van der Waals surface area contributed by atoms with Gasteiger partial charge in [-0.3, -0.25) is 0 Å². The Balaban J connectivity index is 2.29. The lowest BCUT2D eigenvalue weighted by Crippen LogP contribution is -2.45. The fourth-order valence-electron chi connectivity index (χ4n) is 2.14. The molecule has 1 aliphatic rings. The summed E-state index contributed by atoms with van der Waals surface area (Å²) in [6.45, 7) is 7.70. The first-order chi connectivity index (χ1) is 7.37. The van der Waals surface area contributed by atoms with E-state index in [0.717, 1.165) is 25.7 Å². The minimum Gasteiger partial charge on any atom is -0.389 e. The molecule has 1 fully saturated rings. The molecule has 1 atom stereocenters. The van der Waals surface area contributed by atoms with Crippen LogP contribution >= 0.6 is 0 Å². The first-order valence-electron chi connectivity index (χ1n) is 6.20. The minimum absolute atomic E-state index is 0.0173. The van der Waals surface area contributed by atoms with Gasteiger partial charge in [0.15, 0.2) is 0 Å². The van der Waals surface area contributed by atoms with Crippen molar-refractivity contribution in [3.63, 3.8) is 0 Å². The molecule has 0 amide bonds. The van der Waals surface area contributed by atoms with E-state index in [2.05, 4.69) is 25.2 Å². The Morgan fingerprint density at radius 3 is 2.38 bits per heavy atom. The van der Waals surface area contributed by atoms with Crippen molar-refractivity contribution < 1.29 is 5.11 Å². The van der Waals surface area contributed by atoms with E-state index in [1.54, 1.807) is 0 Å². The number of hydrogen-bond acceptors (Lipinski definition) is 3. The van der Waals surface area contributed by atoms with Crippen LogP contribution in [0.15, 0.2) is 0 Å². The van der Waals surface area contributed by atoms with Crippen LogP contribution in [-0.2, 0) is 0 Å². The van der Waals surface area contributed by atoms with Gasteiger partial charge in [0.25, 0.3) is 0 Å². The molecular formula is C13H24N2O. The molecule has 1 unspecified atom stereocenters. The topological polar surface area (TPSA) is 56.0 Å². The molecule has 1 rings (SSSR count). The maximum Gasteiger partial charge on any atom is 0.0772 e. The van der Waals surface area contributed by atoms with Gasteiger partial charge in [-0.2, -0.15) is 5.26 Å². The SMILES string of the molecule is CC(C#N)CNCC1(O)CCC(C)(C)CC1. The van der Waals surface area contributed by atoms with E-state index in [-0.39, 0.29) is 5.92 Å². The molecule has 0 aromatic carbocycles. The second-order valence-corrected chi connectivity index (χ2v) is 6.05. The first kappa shape index (κ1) is 13.5. The number of nitrogens with one attached hydrogen (secondary N) is 1. The van der Waals surface area contributed by atoms with Crippen LogP contribution in [0.3, 0.4) is 0 Å². The normalized spacial score (nSPS) is 24.7. The Labute approximate surface area is 98.8 Å². The summed E-state index contributed by atoms with van der Waals surface area (Å²) in [4.78, 5) is 0. The molecule has 16 heavy (non-hydrogen) atoms. The van der Waals surface area contributed by atoms with Crippen LogP contribution in [0.25, 0.3) is 0 Å². The van der Waals surface area contributed by atoms with Gasteiger partial charge in [0.2, 0.25) is 0 Å². The average Bonchev–Trinajstić information content (AvgIpc) is 2.23. The highest BCUT2D eigenvalue weighted by Crippen LogP contribution is 2.39. The van der Waals surface area contributed by atoms with Crippen LogP contribution in [0.4, 0.5) is 0 Å². The highest BCUT2D eigenvalue weighted by Gasteiger charge is 2.36. The monoisotopic (exact) mass is 224 g/mol. The maximum atomic E-state index is 10.3. The van der Waals surface area contributed by atoms with Crippen molar-refractivity contribution in [2.24, 2.45) is 11.3 Å². The second kappa shape index (κ2) is 5.16. The van der Waals surface area contributed by atoms with Crippen molar-refractivity contribution in [3.8, 4) is 6.07 Å². The van der Waals surface area contributed by atoms with Crippen molar-refractivity contribution in [3.05, 3.63) is 0 Å². The van der Waals surface area contributed by atoms with Crippen LogP contribution in [0, 0.1) is 22.7 Å². The second-order valence-electron chi connectivity index (χ2n) is 6.05. The lowest BCUT2D eigenvalue weighted by molar-refractivity contribution is -0.0244. The van der Waals surface area contributed by atoms with Gasteiger partial charge in [0.05, 0.1) is 17.6 Å². The van der Waals surface area contributed by atoms with Crippen molar-refractivity contribution >= 4 is 0 Å². The fourth-order valence-corrected chi connectivity index (χ4v) is 2.14.